The highest BCUT2D eigenvalue weighted by Gasteiger charge is 2.25. The van der Waals surface area contributed by atoms with Crippen molar-refractivity contribution in [1.29, 1.82) is 0 Å². The zero-order valence-corrected chi connectivity index (χ0v) is 15.1. The predicted octanol–water partition coefficient (Wildman–Crippen LogP) is 3.65. The molecule has 1 aromatic carbocycles. The van der Waals surface area contributed by atoms with Crippen LogP contribution in [-0.4, -0.2) is 41.7 Å². The lowest BCUT2D eigenvalue weighted by Gasteiger charge is -2.27. The molecule has 0 unspecified atom stereocenters. The minimum atomic E-state index is -0.518. The molecular weight excluding hydrogens is 357 g/mol. The van der Waals surface area contributed by atoms with Gasteiger partial charge in [0.1, 0.15) is 17.3 Å². The zero-order chi connectivity index (χ0) is 18.7. The number of anilines is 1. The number of likely N-dealkylation sites (tertiary alicyclic amines) is 1. The van der Waals surface area contributed by atoms with Crippen LogP contribution in [0, 0.1) is 11.7 Å². The Morgan fingerprint density at radius 1 is 1.23 bits per heavy atom. The minimum Gasteiger partial charge on any atom is -0.306 e. The number of aromatic nitrogens is 1. The van der Waals surface area contributed by atoms with Crippen molar-refractivity contribution in [2.45, 2.75) is 12.8 Å². The van der Waals surface area contributed by atoms with Crippen LogP contribution in [0.2, 0.25) is 5.02 Å². The molecule has 0 radical (unpaired) electrons. The monoisotopic (exact) mass is 375 g/mol. The lowest BCUT2D eigenvalue weighted by Crippen LogP contribution is -2.33. The van der Waals surface area contributed by atoms with E-state index in [9.17, 15) is 14.0 Å². The number of rotatable bonds is 4. The van der Waals surface area contributed by atoms with Gasteiger partial charge in [0, 0.05) is 5.92 Å². The summed E-state index contributed by atoms with van der Waals surface area (Å²) in [6.45, 7) is 1.77. The van der Waals surface area contributed by atoms with Gasteiger partial charge in [-0.15, -0.1) is 0 Å². The SMILES string of the molecule is CN1CCC(C(=O)c2cccc(NC(=O)c3ccc(F)cc3Cl)n2)CC1. The maximum Gasteiger partial charge on any atom is 0.258 e. The Morgan fingerprint density at radius 3 is 2.65 bits per heavy atom. The molecule has 2 aromatic rings. The van der Waals surface area contributed by atoms with E-state index in [2.05, 4.69) is 15.2 Å². The standard InChI is InChI=1S/C19H19ClFN3O2/c1-24-9-7-12(8-10-24)18(25)16-3-2-4-17(22-16)23-19(26)14-6-5-13(21)11-15(14)20/h2-6,11-12H,7-10H2,1H3,(H,22,23,26). The number of hydrogen-bond acceptors (Lipinski definition) is 4. The first kappa shape index (κ1) is 18.5. The van der Waals surface area contributed by atoms with Gasteiger partial charge in [-0.3, -0.25) is 9.59 Å². The Labute approximate surface area is 156 Å². The molecule has 1 N–H and O–H groups in total. The molecule has 1 aliphatic heterocycles. The maximum absolute atomic E-state index is 13.1. The number of nitrogens with zero attached hydrogens (tertiary/aromatic N) is 2. The van der Waals surface area contributed by atoms with Crippen LogP contribution in [0.5, 0.6) is 0 Å². The Bertz CT molecular complexity index is 835. The molecule has 0 aliphatic carbocycles. The highest BCUT2D eigenvalue weighted by atomic mass is 35.5. The van der Waals surface area contributed by atoms with Gasteiger partial charge in [-0.1, -0.05) is 17.7 Å². The van der Waals surface area contributed by atoms with Crippen LogP contribution < -0.4 is 5.32 Å². The summed E-state index contributed by atoms with van der Waals surface area (Å²) in [4.78, 5) is 31.4. The van der Waals surface area contributed by atoms with Gasteiger partial charge in [0.15, 0.2) is 5.78 Å². The summed E-state index contributed by atoms with van der Waals surface area (Å²) >= 11 is 5.91. The number of amides is 1. The summed E-state index contributed by atoms with van der Waals surface area (Å²) in [6.07, 6.45) is 1.61. The molecule has 136 valence electrons. The van der Waals surface area contributed by atoms with Crippen molar-refractivity contribution in [3.63, 3.8) is 0 Å². The van der Waals surface area contributed by atoms with Crippen molar-refractivity contribution in [3.05, 3.63) is 58.5 Å². The second-order valence-electron chi connectivity index (χ2n) is 6.43. The van der Waals surface area contributed by atoms with Crippen molar-refractivity contribution in [2.75, 3.05) is 25.5 Å². The van der Waals surface area contributed by atoms with E-state index < -0.39 is 11.7 Å². The van der Waals surface area contributed by atoms with Gasteiger partial charge in [0.25, 0.3) is 5.91 Å². The minimum absolute atomic E-state index is 0.00554. The molecule has 1 saturated heterocycles. The van der Waals surface area contributed by atoms with Crippen LogP contribution in [0.3, 0.4) is 0 Å². The summed E-state index contributed by atoms with van der Waals surface area (Å²) in [5, 5.41) is 2.62. The first-order valence-electron chi connectivity index (χ1n) is 8.40. The highest BCUT2D eigenvalue weighted by molar-refractivity contribution is 6.34. The van der Waals surface area contributed by atoms with E-state index in [1.54, 1.807) is 18.2 Å². The van der Waals surface area contributed by atoms with E-state index in [-0.39, 0.29) is 28.1 Å². The van der Waals surface area contributed by atoms with Gasteiger partial charge >= 0.3 is 0 Å². The maximum atomic E-state index is 13.1. The van der Waals surface area contributed by atoms with E-state index in [4.69, 9.17) is 11.6 Å². The third-order valence-corrected chi connectivity index (χ3v) is 4.82. The van der Waals surface area contributed by atoms with Crippen molar-refractivity contribution in [1.82, 2.24) is 9.88 Å². The number of pyridine rings is 1. The van der Waals surface area contributed by atoms with Crippen LogP contribution in [0.25, 0.3) is 0 Å². The quantitative estimate of drug-likeness (QED) is 0.828. The molecule has 1 aromatic heterocycles. The normalized spacial score (nSPS) is 15.7. The van der Waals surface area contributed by atoms with Crippen molar-refractivity contribution >= 4 is 29.1 Å². The number of Topliss-reactive ketones (excluding diaryl/α,β-unsaturated/α-hetero) is 1. The number of piperidine rings is 1. The molecule has 0 spiro atoms. The average molecular weight is 376 g/mol. The molecule has 1 amide bonds. The number of nitrogens with one attached hydrogen (secondary N) is 1. The number of carbonyl (C=O) groups excluding carboxylic acids is 2. The Hall–Kier alpha value is -2.31. The highest BCUT2D eigenvalue weighted by Crippen LogP contribution is 2.22. The number of carbonyl (C=O) groups is 2. The van der Waals surface area contributed by atoms with Gasteiger partial charge in [0.2, 0.25) is 0 Å². The molecule has 26 heavy (non-hydrogen) atoms. The van der Waals surface area contributed by atoms with E-state index in [0.717, 1.165) is 38.1 Å². The Morgan fingerprint density at radius 2 is 1.96 bits per heavy atom. The van der Waals surface area contributed by atoms with Crippen LogP contribution >= 0.6 is 11.6 Å². The largest absolute Gasteiger partial charge is 0.306 e. The number of hydrogen-bond donors (Lipinski definition) is 1. The number of ketones is 1. The molecular formula is C19H19ClFN3O2. The van der Waals surface area contributed by atoms with Crippen LogP contribution in [-0.2, 0) is 0 Å². The second-order valence-corrected chi connectivity index (χ2v) is 6.84. The van der Waals surface area contributed by atoms with E-state index in [1.165, 1.54) is 6.07 Å². The summed E-state index contributed by atoms with van der Waals surface area (Å²) in [7, 11) is 2.04. The Kier molecular flexibility index (Phi) is 5.64. The van der Waals surface area contributed by atoms with Crippen molar-refractivity contribution < 1.29 is 14.0 Å². The number of benzene rings is 1. The summed E-state index contributed by atoms with van der Waals surface area (Å²) in [5.41, 5.74) is 0.476. The van der Waals surface area contributed by atoms with Gasteiger partial charge in [-0.2, -0.15) is 0 Å². The lowest BCUT2D eigenvalue weighted by molar-refractivity contribution is 0.0851. The molecule has 2 heterocycles. The molecule has 1 fully saturated rings. The molecule has 0 saturated carbocycles. The van der Waals surface area contributed by atoms with Crippen LogP contribution in [0.1, 0.15) is 33.7 Å². The fourth-order valence-electron chi connectivity index (χ4n) is 2.98. The first-order valence-corrected chi connectivity index (χ1v) is 8.78. The molecule has 1 aliphatic rings. The summed E-state index contributed by atoms with van der Waals surface area (Å²) in [6, 6.07) is 8.47. The van der Waals surface area contributed by atoms with Crippen molar-refractivity contribution in [3.8, 4) is 0 Å². The fourth-order valence-corrected chi connectivity index (χ4v) is 3.23. The lowest BCUT2D eigenvalue weighted by atomic mass is 9.91. The van der Waals surface area contributed by atoms with Crippen LogP contribution in [0.4, 0.5) is 10.2 Å². The fraction of sp³-hybridized carbons (Fsp3) is 0.316. The van der Waals surface area contributed by atoms with Crippen molar-refractivity contribution in [2.24, 2.45) is 5.92 Å². The zero-order valence-electron chi connectivity index (χ0n) is 14.3. The molecule has 0 bridgehead atoms. The molecule has 5 nitrogen and oxygen atoms in total. The summed E-state index contributed by atoms with van der Waals surface area (Å²) < 4.78 is 13.1. The van der Waals surface area contributed by atoms with Gasteiger partial charge in [0.05, 0.1) is 10.6 Å². The Balaban J connectivity index is 1.73. The number of halogens is 2. The van der Waals surface area contributed by atoms with Gasteiger partial charge in [-0.25, -0.2) is 9.37 Å². The smallest absolute Gasteiger partial charge is 0.258 e. The van der Waals surface area contributed by atoms with E-state index in [1.807, 2.05) is 7.05 Å². The van der Waals surface area contributed by atoms with Crippen LogP contribution in [0.15, 0.2) is 36.4 Å². The third kappa shape index (κ3) is 4.26. The average Bonchev–Trinajstić information content (AvgIpc) is 2.62. The van der Waals surface area contributed by atoms with E-state index in [0.29, 0.717) is 5.69 Å². The predicted molar refractivity (Wildman–Crippen MR) is 98.2 cm³/mol. The molecule has 7 heteroatoms. The molecule has 0 atom stereocenters. The summed E-state index contributed by atoms with van der Waals surface area (Å²) in [5.74, 6) is -0.818. The topological polar surface area (TPSA) is 62.3 Å². The van der Waals surface area contributed by atoms with Gasteiger partial charge < -0.3 is 10.2 Å². The molecule has 3 rings (SSSR count). The van der Waals surface area contributed by atoms with Gasteiger partial charge in [-0.05, 0) is 63.3 Å². The van der Waals surface area contributed by atoms with E-state index >= 15 is 0 Å². The second kappa shape index (κ2) is 7.93. The first-order chi connectivity index (χ1) is 12.4. The third-order valence-electron chi connectivity index (χ3n) is 4.51.